The Morgan fingerprint density at radius 3 is 2.45 bits per heavy atom. The van der Waals surface area contributed by atoms with Gasteiger partial charge >= 0.3 is 12.1 Å². The highest BCUT2D eigenvalue weighted by Gasteiger charge is 2.47. The van der Waals surface area contributed by atoms with Gasteiger partial charge in [0.05, 0.1) is 5.60 Å². The number of nitrogens with one attached hydrogen (secondary N) is 1. The fourth-order valence-electron chi connectivity index (χ4n) is 2.14. The van der Waals surface area contributed by atoms with Crippen molar-refractivity contribution in [1.82, 2.24) is 5.32 Å². The Hall–Kier alpha value is -2.08. The van der Waals surface area contributed by atoms with Crippen molar-refractivity contribution in [2.24, 2.45) is 0 Å². The van der Waals surface area contributed by atoms with E-state index in [-0.39, 0.29) is 6.61 Å². The summed E-state index contributed by atoms with van der Waals surface area (Å²) in [5.74, 6) is -1.26. The molecule has 1 fully saturated rings. The van der Waals surface area contributed by atoms with Crippen LogP contribution in [0.1, 0.15) is 24.8 Å². The molecule has 1 amide bonds. The van der Waals surface area contributed by atoms with Crippen LogP contribution in [0.15, 0.2) is 30.3 Å². The molecule has 1 aliphatic rings. The molecule has 108 valence electrons. The third kappa shape index (κ3) is 3.27. The number of aliphatic hydroxyl groups is 1. The molecule has 0 spiro atoms. The zero-order valence-electron chi connectivity index (χ0n) is 10.9. The molecule has 6 heteroatoms. The van der Waals surface area contributed by atoms with Crippen LogP contribution in [0.4, 0.5) is 4.79 Å². The van der Waals surface area contributed by atoms with Crippen LogP contribution in [0.2, 0.25) is 0 Å². The Kier molecular flexibility index (Phi) is 4.24. The van der Waals surface area contributed by atoms with Gasteiger partial charge in [-0.1, -0.05) is 30.3 Å². The third-order valence-corrected chi connectivity index (χ3v) is 3.48. The number of carbonyl (C=O) groups is 2. The third-order valence-electron chi connectivity index (χ3n) is 3.48. The van der Waals surface area contributed by atoms with Crippen molar-refractivity contribution in [3.8, 4) is 0 Å². The lowest BCUT2D eigenvalue weighted by molar-refractivity contribution is -0.152. The maximum atomic E-state index is 11.6. The summed E-state index contributed by atoms with van der Waals surface area (Å²) in [4.78, 5) is 22.7. The van der Waals surface area contributed by atoms with E-state index in [4.69, 9.17) is 9.84 Å². The number of amides is 1. The maximum Gasteiger partial charge on any atom is 0.408 e. The average molecular weight is 279 g/mol. The molecule has 0 aromatic heterocycles. The summed E-state index contributed by atoms with van der Waals surface area (Å²) in [7, 11) is 0. The fraction of sp³-hybridized carbons (Fsp3) is 0.429. The number of benzene rings is 1. The topological polar surface area (TPSA) is 95.9 Å². The van der Waals surface area contributed by atoms with Crippen molar-refractivity contribution in [1.29, 1.82) is 0 Å². The Morgan fingerprint density at radius 1 is 1.30 bits per heavy atom. The van der Waals surface area contributed by atoms with Gasteiger partial charge in [-0.3, -0.25) is 0 Å². The van der Waals surface area contributed by atoms with E-state index in [0.29, 0.717) is 12.8 Å². The molecular weight excluding hydrogens is 262 g/mol. The van der Waals surface area contributed by atoms with Gasteiger partial charge in [0.1, 0.15) is 6.61 Å². The maximum absolute atomic E-state index is 11.6. The highest BCUT2D eigenvalue weighted by atomic mass is 16.5. The van der Waals surface area contributed by atoms with Crippen molar-refractivity contribution in [3.63, 3.8) is 0 Å². The monoisotopic (exact) mass is 279 g/mol. The van der Waals surface area contributed by atoms with E-state index in [2.05, 4.69) is 5.32 Å². The normalized spacial score (nSPS) is 17.6. The molecule has 2 rings (SSSR count). The average Bonchev–Trinajstić information content (AvgIpc) is 2.41. The summed E-state index contributed by atoms with van der Waals surface area (Å²) >= 11 is 0. The van der Waals surface area contributed by atoms with Crippen LogP contribution in [0, 0.1) is 0 Å². The Balaban J connectivity index is 1.87. The van der Waals surface area contributed by atoms with Crippen LogP contribution < -0.4 is 5.32 Å². The molecule has 0 saturated heterocycles. The number of carboxylic acid groups (broad SMARTS) is 1. The standard InChI is InChI=1S/C14H17NO5/c16-12(17)11(14(19)7-4-8-14)15-13(18)20-9-10-5-2-1-3-6-10/h1-3,5-6,11,19H,4,7-9H2,(H,15,18)(H,16,17). The largest absolute Gasteiger partial charge is 0.480 e. The molecule has 0 heterocycles. The molecular formula is C14H17NO5. The molecule has 1 aliphatic carbocycles. The summed E-state index contributed by atoms with van der Waals surface area (Å²) in [6.45, 7) is 0.0530. The molecule has 0 aliphatic heterocycles. The van der Waals surface area contributed by atoms with Crippen molar-refractivity contribution in [2.75, 3.05) is 0 Å². The van der Waals surface area contributed by atoms with Gasteiger partial charge < -0.3 is 20.3 Å². The van der Waals surface area contributed by atoms with E-state index in [1.54, 1.807) is 12.1 Å². The number of rotatable bonds is 5. The van der Waals surface area contributed by atoms with Gasteiger partial charge in [-0.25, -0.2) is 9.59 Å². The van der Waals surface area contributed by atoms with E-state index >= 15 is 0 Å². The first-order valence-electron chi connectivity index (χ1n) is 6.44. The van der Waals surface area contributed by atoms with E-state index in [1.807, 2.05) is 18.2 Å². The van der Waals surface area contributed by atoms with Crippen molar-refractivity contribution >= 4 is 12.1 Å². The summed E-state index contributed by atoms with van der Waals surface area (Å²) in [5, 5.41) is 21.3. The second kappa shape index (κ2) is 5.92. The van der Waals surface area contributed by atoms with E-state index in [0.717, 1.165) is 12.0 Å². The molecule has 1 aromatic rings. The molecule has 1 aromatic carbocycles. The van der Waals surface area contributed by atoms with Crippen LogP contribution in [0.5, 0.6) is 0 Å². The van der Waals surface area contributed by atoms with Crippen molar-refractivity contribution < 1.29 is 24.5 Å². The summed E-state index contributed by atoms with van der Waals surface area (Å²) in [6, 6.07) is 7.72. The van der Waals surface area contributed by atoms with E-state index in [9.17, 15) is 14.7 Å². The van der Waals surface area contributed by atoms with Gasteiger partial charge in [-0.05, 0) is 24.8 Å². The quantitative estimate of drug-likeness (QED) is 0.754. The zero-order chi connectivity index (χ0) is 14.6. The highest BCUT2D eigenvalue weighted by Crippen LogP contribution is 2.34. The summed E-state index contributed by atoms with van der Waals surface area (Å²) < 4.78 is 4.95. The first kappa shape index (κ1) is 14.3. The number of carbonyl (C=O) groups excluding carboxylic acids is 1. The van der Waals surface area contributed by atoms with Gasteiger partial charge in [-0.15, -0.1) is 0 Å². The zero-order valence-corrected chi connectivity index (χ0v) is 10.9. The van der Waals surface area contributed by atoms with Gasteiger partial charge in [0.25, 0.3) is 0 Å². The SMILES string of the molecule is O=C(NC(C(=O)O)C1(O)CCC1)OCc1ccccc1. The summed E-state index contributed by atoms with van der Waals surface area (Å²) in [6.07, 6.45) is 0.633. The smallest absolute Gasteiger partial charge is 0.408 e. The lowest BCUT2D eigenvalue weighted by atomic mass is 9.75. The molecule has 0 radical (unpaired) electrons. The number of hydrogen-bond donors (Lipinski definition) is 3. The minimum atomic E-state index is -1.36. The van der Waals surface area contributed by atoms with Gasteiger partial charge in [0, 0.05) is 0 Å². The second-order valence-electron chi connectivity index (χ2n) is 4.93. The van der Waals surface area contributed by atoms with Gasteiger partial charge in [0.2, 0.25) is 0 Å². The number of aliphatic carboxylic acids is 1. The van der Waals surface area contributed by atoms with Crippen LogP contribution in [0.25, 0.3) is 0 Å². The fourth-order valence-corrected chi connectivity index (χ4v) is 2.14. The first-order valence-corrected chi connectivity index (χ1v) is 6.44. The minimum Gasteiger partial charge on any atom is -0.480 e. The molecule has 1 unspecified atom stereocenters. The second-order valence-corrected chi connectivity index (χ2v) is 4.93. The lowest BCUT2D eigenvalue weighted by Gasteiger charge is -2.40. The van der Waals surface area contributed by atoms with E-state index in [1.165, 1.54) is 0 Å². The number of ether oxygens (including phenoxy) is 1. The summed E-state index contributed by atoms with van der Waals surface area (Å²) in [5.41, 5.74) is -0.561. The lowest BCUT2D eigenvalue weighted by Crippen LogP contribution is -2.60. The first-order chi connectivity index (χ1) is 9.51. The van der Waals surface area contributed by atoms with E-state index < -0.39 is 23.7 Å². The predicted octanol–water partition coefficient (Wildman–Crippen LogP) is 1.28. The molecule has 1 saturated carbocycles. The Labute approximate surface area is 116 Å². The Bertz CT molecular complexity index is 484. The predicted molar refractivity (Wildman–Crippen MR) is 70.0 cm³/mol. The van der Waals surface area contributed by atoms with Gasteiger partial charge in [0.15, 0.2) is 6.04 Å². The van der Waals surface area contributed by atoms with Crippen molar-refractivity contribution in [2.45, 2.75) is 37.5 Å². The molecule has 20 heavy (non-hydrogen) atoms. The van der Waals surface area contributed by atoms with Crippen LogP contribution in [-0.2, 0) is 16.1 Å². The van der Waals surface area contributed by atoms with Crippen LogP contribution in [-0.4, -0.2) is 33.9 Å². The number of hydrogen-bond acceptors (Lipinski definition) is 4. The number of alkyl carbamates (subject to hydrolysis) is 1. The Morgan fingerprint density at radius 2 is 1.95 bits per heavy atom. The van der Waals surface area contributed by atoms with Crippen LogP contribution in [0.3, 0.4) is 0 Å². The minimum absolute atomic E-state index is 0.0530. The van der Waals surface area contributed by atoms with Crippen LogP contribution >= 0.6 is 0 Å². The number of carboxylic acids is 1. The molecule has 1 atom stereocenters. The molecule has 6 nitrogen and oxygen atoms in total. The van der Waals surface area contributed by atoms with Gasteiger partial charge in [-0.2, -0.15) is 0 Å². The van der Waals surface area contributed by atoms with Crippen molar-refractivity contribution in [3.05, 3.63) is 35.9 Å². The molecule has 3 N–H and O–H groups in total. The molecule has 0 bridgehead atoms. The highest BCUT2D eigenvalue weighted by molar-refractivity contribution is 5.81.